The Hall–Kier alpha value is -0.340. The van der Waals surface area contributed by atoms with E-state index in [0.29, 0.717) is 0 Å². The summed E-state index contributed by atoms with van der Waals surface area (Å²) in [7, 11) is 0. The first-order valence-corrected chi connectivity index (χ1v) is 4.23. The van der Waals surface area contributed by atoms with E-state index in [4.69, 9.17) is 5.73 Å². The normalized spacial score (nSPS) is 12.0. The Morgan fingerprint density at radius 2 is 2.10 bits per heavy atom. The molecule has 0 atom stereocenters. The fraction of sp³-hybridized carbons (Fsp3) is 0.500. The zero-order chi connectivity index (χ0) is 7.78. The zero-order valence-electron chi connectivity index (χ0n) is 6.64. The molecular weight excluding hydrogens is 142 g/mol. The van der Waals surface area contributed by atoms with Crippen LogP contribution in [0.3, 0.4) is 0 Å². The SMILES string of the molecule is Cc1sccc1C(C)(C)N. The van der Waals surface area contributed by atoms with Gasteiger partial charge in [-0.2, -0.15) is 0 Å². The molecule has 56 valence electrons. The van der Waals surface area contributed by atoms with Crippen molar-refractivity contribution in [2.75, 3.05) is 0 Å². The molecule has 0 saturated heterocycles. The molecule has 0 aliphatic heterocycles. The fourth-order valence-electron chi connectivity index (χ4n) is 1.05. The third kappa shape index (κ3) is 1.39. The second-order valence-corrected chi connectivity index (χ2v) is 4.23. The highest BCUT2D eigenvalue weighted by Gasteiger charge is 2.16. The number of aryl methyl sites for hydroxylation is 1. The molecule has 2 N–H and O–H groups in total. The molecule has 0 saturated carbocycles. The maximum atomic E-state index is 5.91. The van der Waals surface area contributed by atoms with Crippen LogP contribution in [-0.4, -0.2) is 0 Å². The molecule has 0 spiro atoms. The molecule has 1 aromatic heterocycles. The second kappa shape index (κ2) is 2.36. The van der Waals surface area contributed by atoms with Crippen LogP contribution in [0.25, 0.3) is 0 Å². The van der Waals surface area contributed by atoms with Gasteiger partial charge in [0.1, 0.15) is 0 Å². The average Bonchev–Trinajstić information content (AvgIpc) is 2.11. The van der Waals surface area contributed by atoms with E-state index in [2.05, 4.69) is 18.4 Å². The van der Waals surface area contributed by atoms with Gasteiger partial charge < -0.3 is 5.73 Å². The minimum atomic E-state index is -0.177. The van der Waals surface area contributed by atoms with Gasteiger partial charge in [-0.3, -0.25) is 0 Å². The van der Waals surface area contributed by atoms with E-state index in [9.17, 15) is 0 Å². The number of thiophene rings is 1. The van der Waals surface area contributed by atoms with Crippen LogP contribution in [0.2, 0.25) is 0 Å². The van der Waals surface area contributed by atoms with E-state index in [1.165, 1.54) is 10.4 Å². The summed E-state index contributed by atoms with van der Waals surface area (Å²) >= 11 is 1.75. The smallest absolute Gasteiger partial charge is 0.0363 e. The minimum absolute atomic E-state index is 0.177. The standard InChI is InChI=1S/C8H13NS/c1-6-7(4-5-10-6)8(2,3)9/h4-5H,9H2,1-3H3. The summed E-state index contributed by atoms with van der Waals surface area (Å²) in [5.41, 5.74) is 6.99. The maximum Gasteiger partial charge on any atom is 0.0363 e. The molecular formula is C8H13NS. The highest BCUT2D eigenvalue weighted by atomic mass is 32.1. The first-order chi connectivity index (χ1) is 4.52. The molecule has 1 rings (SSSR count). The summed E-state index contributed by atoms with van der Waals surface area (Å²) in [6.07, 6.45) is 0. The van der Waals surface area contributed by atoms with Gasteiger partial charge in [-0.1, -0.05) is 0 Å². The molecule has 0 aromatic carbocycles. The van der Waals surface area contributed by atoms with Crippen LogP contribution in [-0.2, 0) is 5.54 Å². The Morgan fingerprint density at radius 3 is 2.30 bits per heavy atom. The Kier molecular flexibility index (Phi) is 1.84. The maximum absolute atomic E-state index is 5.91. The molecule has 1 aromatic rings. The molecule has 10 heavy (non-hydrogen) atoms. The Balaban J connectivity index is 3.05. The second-order valence-electron chi connectivity index (χ2n) is 3.11. The van der Waals surface area contributed by atoms with Crippen molar-refractivity contribution in [2.45, 2.75) is 26.3 Å². The predicted molar refractivity (Wildman–Crippen MR) is 46.3 cm³/mol. The van der Waals surface area contributed by atoms with E-state index >= 15 is 0 Å². The summed E-state index contributed by atoms with van der Waals surface area (Å²) < 4.78 is 0. The quantitative estimate of drug-likeness (QED) is 0.661. The molecule has 0 unspecified atom stereocenters. The van der Waals surface area contributed by atoms with Gasteiger partial charge in [0.25, 0.3) is 0 Å². The molecule has 1 heterocycles. The van der Waals surface area contributed by atoms with Crippen molar-refractivity contribution < 1.29 is 0 Å². The third-order valence-corrected chi connectivity index (χ3v) is 2.40. The molecule has 0 bridgehead atoms. The van der Waals surface area contributed by atoms with Crippen LogP contribution in [0.1, 0.15) is 24.3 Å². The largest absolute Gasteiger partial charge is 0.322 e. The molecule has 0 amide bonds. The van der Waals surface area contributed by atoms with E-state index in [-0.39, 0.29) is 5.54 Å². The number of nitrogens with two attached hydrogens (primary N) is 1. The molecule has 0 aliphatic carbocycles. The monoisotopic (exact) mass is 155 g/mol. The number of rotatable bonds is 1. The van der Waals surface area contributed by atoms with Gasteiger partial charge >= 0.3 is 0 Å². The van der Waals surface area contributed by atoms with Crippen LogP contribution >= 0.6 is 11.3 Å². The van der Waals surface area contributed by atoms with Crippen LogP contribution in [0, 0.1) is 6.92 Å². The summed E-state index contributed by atoms with van der Waals surface area (Å²) in [4.78, 5) is 1.33. The van der Waals surface area contributed by atoms with Crippen molar-refractivity contribution in [3.63, 3.8) is 0 Å². The van der Waals surface area contributed by atoms with Crippen molar-refractivity contribution in [3.8, 4) is 0 Å². The van der Waals surface area contributed by atoms with Crippen LogP contribution < -0.4 is 5.73 Å². The summed E-state index contributed by atoms with van der Waals surface area (Å²) in [6.45, 7) is 6.17. The van der Waals surface area contributed by atoms with Crippen molar-refractivity contribution in [3.05, 3.63) is 21.9 Å². The lowest BCUT2D eigenvalue weighted by Gasteiger charge is -2.17. The van der Waals surface area contributed by atoms with Crippen molar-refractivity contribution in [1.29, 1.82) is 0 Å². The predicted octanol–water partition coefficient (Wildman–Crippen LogP) is 2.25. The Morgan fingerprint density at radius 1 is 1.50 bits per heavy atom. The van der Waals surface area contributed by atoms with Gasteiger partial charge in [-0.25, -0.2) is 0 Å². The lowest BCUT2D eigenvalue weighted by Crippen LogP contribution is -2.28. The van der Waals surface area contributed by atoms with E-state index in [0.717, 1.165) is 0 Å². The van der Waals surface area contributed by atoms with E-state index < -0.39 is 0 Å². The molecule has 0 fully saturated rings. The Labute approximate surface area is 65.9 Å². The lowest BCUT2D eigenvalue weighted by molar-refractivity contribution is 0.553. The highest BCUT2D eigenvalue weighted by Crippen LogP contribution is 2.24. The summed E-state index contributed by atoms with van der Waals surface area (Å²) in [5, 5.41) is 2.08. The number of hydrogen-bond donors (Lipinski definition) is 1. The van der Waals surface area contributed by atoms with Gasteiger partial charge in [-0.15, -0.1) is 11.3 Å². The average molecular weight is 155 g/mol. The lowest BCUT2D eigenvalue weighted by atomic mass is 9.97. The van der Waals surface area contributed by atoms with Crippen LogP contribution in [0.4, 0.5) is 0 Å². The highest BCUT2D eigenvalue weighted by molar-refractivity contribution is 7.10. The first kappa shape index (κ1) is 7.76. The topological polar surface area (TPSA) is 26.0 Å². The van der Waals surface area contributed by atoms with Gasteiger partial charge in [0.05, 0.1) is 0 Å². The van der Waals surface area contributed by atoms with E-state index in [1.54, 1.807) is 11.3 Å². The van der Waals surface area contributed by atoms with E-state index in [1.807, 2.05) is 13.8 Å². The van der Waals surface area contributed by atoms with Crippen LogP contribution in [0.15, 0.2) is 11.4 Å². The first-order valence-electron chi connectivity index (χ1n) is 3.35. The van der Waals surface area contributed by atoms with Gasteiger partial charge in [-0.05, 0) is 37.8 Å². The van der Waals surface area contributed by atoms with Crippen LogP contribution in [0.5, 0.6) is 0 Å². The summed E-state index contributed by atoms with van der Waals surface area (Å²) in [6, 6.07) is 2.10. The summed E-state index contributed by atoms with van der Waals surface area (Å²) in [5.74, 6) is 0. The van der Waals surface area contributed by atoms with Gasteiger partial charge in [0.15, 0.2) is 0 Å². The third-order valence-electron chi connectivity index (χ3n) is 1.55. The van der Waals surface area contributed by atoms with Crippen molar-refractivity contribution in [2.24, 2.45) is 5.73 Å². The zero-order valence-corrected chi connectivity index (χ0v) is 7.46. The number of hydrogen-bond acceptors (Lipinski definition) is 2. The van der Waals surface area contributed by atoms with Crippen molar-refractivity contribution >= 4 is 11.3 Å². The van der Waals surface area contributed by atoms with Gasteiger partial charge in [0.2, 0.25) is 0 Å². The molecule has 0 radical (unpaired) electrons. The molecule has 0 aliphatic rings. The fourth-order valence-corrected chi connectivity index (χ4v) is 1.92. The minimum Gasteiger partial charge on any atom is -0.322 e. The molecule has 1 nitrogen and oxygen atoms in total. The van der Waals surface area contributed by atoms with Gasteiger partial charge in [0, 0.05) is 10.4 Å². The van der Waals surface area contributed by atoms with Crippen molar-refractivity contribution in [1.82, 2.24) is 0 Å². The Bertz CT molecular complexity index is 219. The molecule has 2 heteroatoms.